The highest BCUT2D eigenvalue weighted by atomic mass is 35.5. The number of nitro benzene ring substituents is 1. The highest BCUT2D eigenvalue weighted by Gasteiger charge is 2.34. The van der Waals surface area contributed by atoms with Gasteiger partial charge in [0.1, 0.15) is 19.0 Å². The van der Waals surface area contributed by atoms with Gasteiger partial charge in [0.05, 0.1) is 28.5 Å². The van der Waals surface area contributed by atoms with E-state index in [2.05, 4.69) is 0 Å². The van der Waals surface area contributed by atoms with Crippen LogP contribution >= 0.6 is 23.4 Å². The van der Waals surface area contributed by atoms with E-state index in [9.17, 15) is 19.7 Å². The number of hydrogen-bond donors (Lipinski definition) is 0. The lowest BCUT2D eigenvalue weighted by Crippen LogP contribution is -2.32. The van der Waals surface area contributed by atoms with Crippen LogP contribution < -0.4 is 14.2 Å². The lowest BCUT2D eigenvalue weighted by atomic mass is 10.1. The quantitative estimate of drug-likeness (QED) is 0.176. The zero-order valence-electron chi connectivity index (χ0n) is 19.6. The van der Waals surface area contributed by atoms with E-state index in [1.165, 1.54) is 19.2 Å². The third-order valence-corrected chi connectivity index (χ3v) is 6.53. The molecule has 1 fully saturated rings. The molecule has 1 aliphatic heterocycles. The summed E-state index contributed by atoms with van der Waals surface area (Å²) < 4.78 is 16.8. The van der Waals surface area contributed by atoms with Crippen LogP contribution in [0.25, 0.3) is 6.08 Å². The predicted molar refractivity (Wildman–Crippen MR) is 140 cm³/mol. The van der Waals surface area contributed by atoms with Crippen LogP contribution in [0.2, 0.25) is 5.02 Å². The number of methoxy groups -OCH3 is 1. The second-order valence-electron chi connectivity index (χ2n) is 7.73. The Morgan fingerprint density at radius 3 is 2.46 bits per heavy atom. The predicted octanol–water partition coefficient (Wildman–Crippen LogP) is 5.95. The molecular weight excluding hydrogens is 520 g/mol. The fourth-order valence-electron chi connectivity index (χ4n) is 3.42. The number of amides is 2. The summed E-state index contributed by atoms with van der Waals surface area (Å²) in [5.41, 5.74) is 1.41. The van der Waals surface area contributed by atoms with Gasteiger partial charge >= 0.3 is 0 Å². The van der Waals surface area contributed by atoms with Gasteiger partial charge in [-0.2, -0.15) is 0 Å². The number of nitrogens with zero attached hydrogens (tertiary/aromatic N) is 2. The zero-order chi connectivity index (χ0) is 26.4. The van der Waals surface area contributed by atoms with Crippen LogP contribution in [0, 0.1) is 10.1 Å². The second-order valence-corrected chi connectivity index (χ2v) is 9.14. The van der Waals surface area contributed by atoms with E-state index in [0.29, 0.717) is 27.8 Å². The summed E-state index contributed by atoms with van der Waals surface area (Å²) >= 11 is 6.92. The third-order valence-electron chi connectivity index (χ3n) is 5.31. The molecule has 0 saturated carbocycles. The number of hydrogen-bond acceptors (Lipinski definition) is 8. The monoisotopic (exact) mass is 540 g/mol. The van der Waals surface area contributed by atoms with E-state index in [-0.39, 0.29) is 35.6 Å². The van der Waals surface area contributed by atoms with Crippen molar-refractivity contribution < 1.29 is 28.7 Å². The molecule has 0 N–H and O–H groups in total. The van der Waals surface area contributed by atoms with Crippen molar-refractivity contribution in [2.24, 2.45) is 0 Å². The molecule has 1 saturated heterocycles. The standard InChI is InChI=1S/C26H21ClN2O7S/c1-34-23-14-18(8-11-22(23)36-16-17-6-9-19(10-7-17)29(32)33)15-24-25(30)28(26(31)37-24)12-13-35-21-5-3-2-4-20(21)27/h2-11,14-15H,12-13,16H2,1H3/b24-15-. The number of non-ortho nitro benzene ring substituents is 1. The maximum Gasteiger partial charge on any atom is 0.293 e. The number of carbonyl (C=O) groups excluding carboxylic acids is 2. The third kappa shape index (κ3) is 6.41. The molecule has 9 nitrogen and oxygen atoms in total. The van der Waals surface area contributed by atoms with Crippen molar-refractivity contribution in [2.75, 3.05) is 20.3 Å². The number of benzene rings is 3. The number of halogens is 1. The average Bonchev–Trinajstić information content (AvgIpc) is 3.16. The molecule has 1 heterocycles. The van der Waals surface area contributed by atoms with Gasteiger partial charge in [-0.1, -0.05) is 29.8 Å². The van der Waals surface area contributed by atoms with Crippen molar-refractivity contribution in [2.45, 2.75) is 6.61 Å². The van der Waals surface area contributed by atoms with E-state index in [1.54, 1.807) is 60.7 Å². The van der Waals surface area contributed by atoms with Crippen molar-refractivity contribution in [1.29, 1.82) is 0 Å². The van der Waals surface area contributed by atoms with Crippen LogP contribution in [-0.4, -0.2) is 41.2 Å². The Morgan fingerprint density at radius 1 is 1.00 bits per heavy atom. The summed E-state index contributed by atoms with van der Waals surface area (Å²) in [5, 5.41) is 10.9. The van der Waals surface area contributed by atoms with Gasteiger partial charge in [-0.15, -0.1) is 0 Å². The number of para-hydroxylation sites is 1. The van der Waals surface area contributed by atoms with Gasteiger partial charge < -0.3 is 14.2 Å². The molecule has 0 radical (unpaired) electrons. The van der Waals surface area contributed by atoms with Crippen LogP contribution in [0.3, 0.4) is 0 Å². The molecule has 2 amide bonds. The van der Waals surface area contributed by atoms with E-state index in [4.69, 9.17) is 25.8 Å². The highest BCUT2D eigenvalue weighted by Crippen LogP contribution is 2.35. The number of thioether (sulfide) groups is 1. The fraction of sp³-hybridized carbons (Fsp3) is 0.154. The van der Waals surface area contributed by atoms with Crippen LogP contribution in [0.4, 0.5) is 10.5 Å². The van der Waals surface area contributed by atoms with Crippen molar-refractivity contribution in [3.8, 4) is 17.2 Å². The fourth-order valence-corrected chi connectivity index (χ4v) is 4.48. The largest absolute Gasteiger partial charge is 0.493 e. The topological polar surface area (TPSA) is 108 Å². The first-order valence-corrected chi connectivity index (χ1v) is 12.2. The molecule has 11 heteroatoms. The summed E-state index contributed by atoms with van der Waals surface area (Å²) in [7, 11) is 1.49. The smallest absolute Gasteiger partial charge is 0.293 e. The second kappa shape index (κ2) is 11.8. The molecule has 0 atom stereocenters. The Kier molecular flexibility index (Phi) is 8.32. The minimum Gasteiger partial charge on any atom is -0.493 e. The molecule has 0 unspecified atom stereocenters. The first kappa shape index (κ1) is 26.1. The number of carbonyl (C=O) groups is 2. The Morgan fingerprint density at radius 2 is 1.76 bits per heavy atom. The number of ether oxygens (including phenoxy) is 3. The van der Waals surface area contributed by atoms with Crippen LogP contribution in [-0.2, 0) is 11.4 Å². The van der Waals surface area contributed by atoms with Crippen LogP contribution in [0.15, 0.2) is 71.6 Å². The van der Waals surface area contributed by atoms with E-state index < -0.39 is 10.8 Å². The Balaban J connectivity index is 1.39. The van der Waals surface area contributed by atoms with Gasteiger partial charge in [-0.05, 0) is 65.4 Å². The molecular formula is C26H21ClN2O7S. The number of nitro groups is 1. The summed E-state index contributed by atoms with van der Waals surface area (Å²) in [6.45, 7) is 0.387. The van der Waals surface area contributed by atoms with Crippen molar-refractivity contribution in [3.05, 3.63) is 97.9 Å². The van der Waals surface area contributed by atoms with Gasteiger partial charge in [-0.3, -0.25) is 24.6 Å². The van der Waals surface area contributed by atoms with Gasteiger partial charge in [0.25, 0.3) is 16.8 Å². The van der Waals surface area contributed by atoms with E-state index in [1.807, 2.05) is 0 Å². The Hall–Kier alpha value is -4.02. The maximum atomic E-state index is 12.8. The SMILES string of the molecule is COc1cc(/C=C2\SC(=O)N(CCOc3ccccc3Cl)C2=O)ccc1OCc1ccc([N+](=O)[O-])cc1. The van der Waals surface area contributed by atoms with Crippen molar-refractivity contribution in [3.63, 3.8) is 0 Å². The first-order valence-electron chi connectivity index (χ1n) is 11.0. The summed E-state index contributed by atoms with van der Waals surface area (Å²) in [5.74, 6) is 0.968. The van der Waals surface area contributed by atoms with Crippen molar-refractivity contribution in [1.82, 2.24) is 4.90 Å². The number of imide groups is 1. The summed E-state index contributed by atoms with van der Waals surface area (Å²) in [6.07, 6.45) is 1.61. The molecule has 0 bridgehead atoms. The molecule has 4 rings (SSSR count). The Labute approximate surface area is 221 Å². The van der Waals surface area contributed by atoms with Crippen LogP contribution in [0.5, 0.6) is 17.2 Å². The van der Waals surface area contributed by atoms with Crippen LogP contribution in [0.1, 0.15) is 11.1 Å². The minimum absolute atomic E-state index is 0.00298. The van der Waals surface area contributed by atoms with Gasteiger partial charge in [0.15, 0.2) is 11.5 Å². The first-order chi connectivity index (χ1) is 17.9. The molecule has 0 aromatic heterocycles. The normalized spacial score (nSPS) is 14.2. The molecule has 3 aromatic rings. The van der Waals surface area contributed by atoms with E-state index >= 15 is 0 Å². The molecule has 1 aliphatic rings. The molecule has 0 aliphatic carbocycles. The van der Waals surface area contributed by atoms with Gasteiger partial charge in [0, 0.05) is 12.1 Å². The molecule has 37 heavy (non-hydrogen) atoms. The minimum atomic E-state index is -0.463. The highest BCUT2D eigenvalue weighted by molar-refractivity contribution is 8.18. The van der Waals surface area contributed by atoms with Crippen molar-refractivity contribution >= 4 is 46.3 Å². The maximum absolute atomic E-state index is 12.8. The van der Waals surface area contributed by atoms with Gasteiger partial charge in [0.2, 0.25) is 0 Å². The average molecular weight is 541 g/mol. The molecule has 190 valence electrons. The zero-order valence-corrected chi connectivity index (χ0v) is 21.2. The lowest BCUT2D eigenvalue weighted by molar-refractivity contribution is -0.384. The molecule has 0 spiro atoms. The molecule has 3 aromatic carbocycles. The van der Waals surface area contributed by atoms with Gasteiger partial charge in [-0.25, -0.2) is 0 Å². The number of rotatable bonds is 10. The summed E-state index contributed by atoms with van der Waals surface area (Å²) in [4.78, 5) is 37.0. The Bertz CT molecular complexity index is 1360. The van der Waals surface area contributed by atoms with E-state index in [0.717, 1.165) is 22.2 Å². The summed E-state index contributed by atoms with van der Waals surface area (Å²) in [6, 6.07) is 18.2. The lowest BCUT2D eigenvalue weighted by Gasteiger charge is -2.14.